The van der Waals surface area contributed by atoms with Gasteiger partial charge in [0.2, 0.25) is 5.88 Å². The summed E-state index contributed by atoms with van der Waals surface area (Å²) in [7, 11) is 0. The second kappa shape index (κ2) is 15.1. The van der Waals surface area contributed by atoms with Crippen LogP contribution in [0, 0.1) is 5.82 Å². The van der Waals surface area contributed by atoms with Crippen molar-refractivity contribution in [3.8, 4) is 22.8 Å². The molecule has 2 aromatic carbocycles. The molecule has 4 heterocycles. The van der Waals surface area contributed by atoms with E-state index in [-0.39, 0.29) is 29.4 Å². The highest BCUT2D eigenvalue weighted by Crippen LogP contribution is 2.30. The molecular formula is C39H46FN7O3. The van der Waals surface area contributed by atoms with Gasteiger partial charge in [0, 0.05) is 56.0 Å². The molecule has 262 valence electrons. The molecule has 3 aliphatic rings. The van der Waals surface area contributed by atoms with Crippen LogP contribution in [-0.2, 0) is 19.5 Å². The normalized spacial score (nSPS) is 22.4. The number of hydrogen-bond donors (Lipinski definition) is 3. The lowest BCUT2D eigenvalue weighted by Crippen LogP contribution is -2.53. The number of fused-ring (bicyclic) bond motifs is 1. The first kappa shape index (κ1) is 33.9. The Morgan fingerprint density at radius 1 is 0.900 bits per heavy atom. The van der Waals surface area contributed by atoms with Crippen molar-refractivity contribution >= 4 is 11.8 Å². The molecule has 2 amide bonds. The molecule has 0 unspecified atom stereocenters. The van der Waals surface area contributed by atoms with E-state index in [9.17, 15) is 14.0 Å². The summed E-state index contributed by atoms with van der Waals surface area (Å²) in [5, 5.41) is 14.2. The van der Waals surface area contributed by atoms with Gasteiger partial charge in [0.15, 0.2) is 0 Å². The van der Waals surface area contributed by atoms with Crippen molar-refractivity contribution in [3.05, 3.63) is 95.2 Å². The van der Waals surface area contributed by atoms with Crippen LogP contribution in [0.25, 0.3) is 11.1 Å². The minimum absolute atomic E-state index is 0.00689. The summed E-state index contributed by atoms with van der Waals surface area (Å²) in [6.07, 6.45) is 7.03. The Balaban J connectivity index is 0.946. The first-order valence-corrected chi connectivity index (χ1v) is 18.0. The van der Waals surface area contributed by atoms with Crippen LogP contribution in [0.4, 0.5) is 4.39 Å². The quantitative estimate of drug-likeness (QED) is 0.203. The molecule has 2 aliphatic heterocycles. The van der Waals surface area contributed by atoms with E-state index in [1.54, 1.807) is 6.07 Å². The molecule has 50 heavy (non-hydrogen) atoms. The molecule has 7 rings (SSSR count). The predicted molar refractivity (Wildman–Crippen MR) is 190 cm³/mol. The fourth-order valence-corrected chi connectivity index (χ4v) is 7.59. The Bertz CT molecular complexity index is 1790. The number of amides is 2. The summed E-state index contributed by atoms with van der Waals surface area (Å²) in [5.74, 6) is -0.669. The SMILES string of the molecule is C[C@@H]1CN(Cc2ccc(-c3cccc(Oc4ncc(F)cc4C(=O)N[C@H]4CC[C@H](NC(=O)c5cc6n(n5)CCCC6)CC4)c3)cc2)C[C@H](C)N1. The number of aromatic nitrogens is 3. The van der Waals surface area contributed by atoms with Gasteiger partial charge in [-0.05, 0) is 99.7 Å². The highest BCUT2D eigenvalue weighted by molar-refractivity contribution is 5.96. The van der Waals surface area contributed by atoms with Gasteiger partial charge in [-0.15, -0.1) is 0 Å². The highest BCUT2D eigenvalue weighted by Gasteiger charge is 2.27. The second-order valence-corrected chi connectivity index (χ2v) is 14.2. The minimum atomic E-state index is -0.617. The van der Waals surface area contributed by atoms with E-state index in [1.165, 1.54) is 5.56 Å². The van der Waals surface area contributed by atoms with Crippen LogP contribution in [0.3, 0.4) is 0 Å². The zero-order valence-electron chi connectivity index (χ0n) is 28.8. The van der Waals surface area contributed by atoms with Gasteiger partial charge in [0.1, 0.15) is 22.8 Å². The molecule has 0 spiro atoms. The molecule has 10 nitrogen and oxygen atoms in total. The predicted octanol–water partition coefficient (Wildman–Crippen LogP) is 5.87. The van der Waals surface area contributed by atoms with E-state index in [2.05, 4.69) is 69.0 Å². The van der Waals surface area contributed by atoms with Gasteiger partial charge in [-0.2, -0.15) is 5.10 Å². The van der Waals surface area contributed by atoms with Gasteiger partial charge in [0.05, 0.1) is 6.20 Å². The average molecular weight is 680 g/mol. The number of benzene rings is 2. The van der Waals surface area contributed by atoms with Crippen LogP contribution in [0.1, 0.15) is 84.5 Å². The van der Waals surface area contributed by atoms with Crippen molar-refractivity contribution in [3.63, 3.8) is 0 Å². The Morgan fingerprint density at radius 3 is 2.34 bits per heavy atom. The van der Waals surface area contributed by atoms with E-state index >= 15 is 0 Å². The van der Waals surface area contributed by atoms with E-state index in [4.69, 9.17) is 4.74 Å². The molecule has 2 fully saturated rings. The van der Waals surface area contributed by atoms with Crippen molar-refractivity contribution in [1.82, 2.24) is 35.6 Å². The van der Waals surface area contributed by atoms with E-state index in [1.807, 2.05) is 28.9 Å². The van der Waals surface area contributed by atoms with Gasteiger partial charge >= 0.3 is 0 Å². The number of rotatable bonds is 9. The van der Waals surface area contributed by atoms with E-state index in [0.717, 1.165) is 87.4 Å². The number of nitrogens with zero attached hydrogens (tertiary/aromatic N) is 4. The average Bonchev–Trinajstić information content (AvgIpc) is 3.55. The van der Waals surface area contributed by atoms with Crippen molar-refractivity contribution in [2.45, 2.75) is 96.1 Å². The molecule has 0 bridgehead atoms. The molecule has 11 heteroatoms. The number of carbonyl (C=O) groups is 2. The van der Waals surface area contributed by atoms with Gasteiger partial charge in [0.25, 0.3) is 11.8 Å². The van der Waals surface area contributed by atoms with Crippen molar-refractivity contribution in [2.24, 2.45) is 0 Å². The number of pyridine rings is 1. The number of nitrogens with one attached hydrogen (secondary N) is 3. The third kappa shape index (κ3) is 8.22. The van der Waals surface area contributed by atoms with Crippen LogP contribution < -0.4 is 20.7 Å². The summed E-state index contributed by atoms with van der Waals surface area (Å²) in [4.78, 5) is 32.9. The largest absolute Gasteiger partial charge is 0.438 e. The first-order chi connectivity index (χ1) is 24.3. The number of hydrogen-bond acceptors (Lipinski definition) is 7. The maximum absolute atomic E-state index is 14.4. The number of halogens is 1. The summed E-state index contributed by atoms with van der Waals surface area (Å²) >= 11 is 0. The van der Waals surface area contributed by atoms with Gasteiger partial charge in [-0.3, -0.25) is 19.2 Å². The Kier molecular flexibility index (Phi) is 10.2. The third-order valence-electron chi connectivity index (χ3n) is 9.98. The molecule has 2 atom stereocenters. The van der Waals surface area contributed by atoms with Gasteiger partial charge in [-0.1, -0.05) is 36.4 Å². The number of piperazine rings is 1. The summed E-state index contributed by atoms with van der Waals surface area (Å²) < 4.78 is 22.4. The summed E-state index contributed by atoms with van der Waals surface area (Å²) in [6, 6.07) is 20.1. The third-order valence-corrected chi connectivity index (χ3v) is 9.98. The summed E-state index contributed by atoms with van der Waals surface area (Å²) in [6.45, 7) is 8.27. The molecule has 1 saturated carbocycles. The fourth-order valence-electron chi connectivity index (χ4n) is 7.59. The van der Waals surface area contributed by atoms with Crippen LogP contribution >= 0.6 is 0 Å². The molecule has 1 aliphatic carbocycles. The van der Waals surface area contributed by atoms with Gasteiger partial charge < -0.3 is 20.7 Å². The zero-order valence-corrected chi connectivity index (χ0v) is 28.8. The monoisotopic (exact) mass is 679 g/mol. The molecule has 4 aromatic rings. The van der Waals surface area contributed by atoms with Crippen molar-refractivity contribution in [1.29, 1.82) is 0 Å². The Labute approximate surface area is 292 Å². The Hall–Kier alpha value is -4.61. The molecular weight excluding hydrogens is 633 g/mol. The van der Waals surface area contributed by atoms with Crippen molar-refractivity contribution < 1.29 is 18.7 Å². The standard InChI is InChI=1S/C39H46FN7O3/c1-25-22-46(23-26(2)42-25)24-27-9-11-28(12-10-27)29-6-5-8-34(18-29)50-39-35(19-30(40)21-41-39)37(48)43-31-13-15-32(16-14-31)44-38(49)36-20-33-7-3-4-17-47(33)45-36/h5-6,8-12,18-21,25-26,31-32,42H,3-4,7,13-17,22-24H2,1-2H3,(H,43,48)(H,44,49)/t25-,26+,31-,32-. The van der Waals surface area contributed by atoms with Crippen LogP contribution in [0.2, 0.25) is 0 Å². The first-order valence-electron chi connectivity index (χ1n) is 18.0. The van der Waals surface area contributed by atoms with Crippen LogP contribution in [0.5, 0.6) is 11.6 Å². The van der Waals surface area contributed by atoms with Crippen molar-refractivity contribution in [2.75, 3.05) is 13.1 Å². The van der Waals surface area contributed by atoms with E-state index in [0.29, 0.717) is 36.4 Å². The lowest BCUT2D eigenvalue weighted by atomic mass is 9.91. The highest BCUT2D eigenvalue weighted by atomic mass is 19.1. The smallest absolute Gasteiger partial charge is 0.272 e. The molecule has 1 saturated heterocycles. The van der Waals surface area contributed by atoms with E-state index < -0.39 is 11.7 Å². The number of ether oxygens (including phenoxy) is 1. The maximum Gasteiger partial charge on any atom is 0.272 e. The molecule has 2 aromatic heterocycles. The number of carbonyl (C=O) groups excluding carboxylic acids is 2. The minimum Gasteiger partial charge on any atom is -0.438 e. The lowest BCUT2D eigenvalue weighted by molar-refractivity contribution is 0.0887. The fraction of sp³-hybridized carbons (Fsp3) is 0.436. The van der Waals surface area contributed by atoms with Crippen LogP contribution in [-0.4, -0.2) is 68.7 Å². The molecule has 3 N–H and O–H groups in total. The Morgan fingerprint density at radius 2 is 1.62 bits per heavy atom. The topological polar surface area (TPSA) is 113 Å². The van der Waals surface area contributed by atoms with Gasteiger partial charge in [-0.25, -0.2) is 9.37 Å². The second-order valence-electron chi connectivity index (χ2n) is 14.2. The lowest BCUT2D eigenvalue weighted by Gasteiger charge is -2.36. The van der Waals surface area contributed by atoms with Crippen LogP contribution in [0.15, 0.2) is 66.9 Å². The summed E-state index contributed by atoms with van der Waals surface area (Å²) in [5.41, 5.74) is 4.89. The number of aryl methyl sites for hydroxylation is 2. The molecule has 0 radical (unpaired) electrons. The maximum atomic E-state index is 14.4. The zero-order chi connectivity index (χ0) is 34.6.